The molecule has 0 amide bonds. The molecule has 0 atom stereocenters. The molecule has 4 nitrogen and oxygen atoms in total. The Balaban J connectivity index is 2.47. The average Bonchev–Trinajstić information content (AvgIpc) is 2.85. The predicted molar refractivity (Wildman–Crippen MR) is 169 cm³/mol. The minimum absolute atomic E-state index is 0.133. The molecular formula is C34H63O4P. The first-order valence-electron chi connectivity index (χ1n) is 16.2. The number of rotatable bonds is 24. The Morgan fingerprint density at radius 1 is 0.615 bits per heavy atom. The molecule has 1 aromatic carbocycles. The zero-order valence-corrected chi connectivity index (χ0v) is 27.7. The van der Waals surface area contributed by atoms with Crippen LogP contribution in [-0.4, -0.2) is 13.2 Å². The maximum absolute atomic E-state index is 13.7. The van der Waals surface area contributed by atoms with Gasteiger partial charge in [-0.25, -0.2) is 4.57 Å². The molecule has 0 aromatic heterocycles. The number of phosphoric acid groups is 1. The van der Waals surface area contributed by atoms with Crippen molar-refractivity contribution >= 4 is 7.82 Å². The van der Waals surface area contributed by atoms with Gasteiger partial charge in [0.05, 0.1) is 13.2 Å². The Hall–Kier alpha value is -0.830. The van der Waals surface area contributed by atoms with Gasteiger partial charge in [0.15, 0.2) is 0 Å². The second-order valence-corrected chi connectivity index (χ2v) is 14.9. The standard InChI is InChI=1S/C34H63O4P/c1-30(2)24-18-14-10-8-12-16-22-28-36-39(35,38-33-27-21-20-26-32(33)34(5,6)7)37-29-23-17-13-9-11-15-19-25-31(3)4/h20-21,26-27,30-31H,8-19,22-25,28-29H2,1-7H3. The van der Waals surface area contributed by atoms with Crippen LogP contribution >= 0.6 is 7.82 Å². The summed E-state index contributed by atoms with van der Waals surface area (Å²) in [5.41, 5.74) is 0.874. The number of hydrogen-bond donors (Lipinski definition) is 0. The van der Waals surface area contributed by atoms with E-state index in [1.807, 2.05) is 24.3 Å². The summed E-state index contributed by atoms with van der Waals surface area (Å²) in [4.78, 5) is 0. The van der Waals surface area contributed by atoms with Crippen LogP contribution in [-0.2, 0) is 19.0 Å². The van der Waals surface area contributed by atoms with Gasteiger partial charge in [0.2, 0.25) is 0 Å². The van der Waals surface area contributed by atoms with Crippen LogP contribution in [0.25, 0.3) is 0 Å². The molecule has 0 aliphatic carbocycles. The van der Waals surface area contributed by atoms with Crippen LogP contribution in [0.4, 0.5) is 0 Å². The second-order valence-electron chi connectivity index (χ2n) is 13.3. The summed E-state index contributed by atoms with van der Waals surface area (Å²) in [6.07, 6.45) is 19.5. The maximum atomic E-state index is 13.7. The number of hydrogen-bond acceptors (Lipinski definition) is 4. The summed E-state index contributed by atoms with van der Waals surface area (Å²) in [6, 6.07) is 7.81. The lowest BCUT2D eigenvalue weighted by atomic mass is 9.86. The molecule has 0 heterocycles. The van der Waals surface area contributed by atoms with E-state index < -0.39 is 7.82 Å². The first-order valence-corrected chi connectivity index (χ1v) is 17.7. The molecule has 0 fully saturated rings. The van der Waals surface area contributed by atoms with E-state index in [0.29, 0.717) is 19.0 Å². The highest BCUT2D eigenvalue weighted by atomic mass is 31.2. The lowest BCUT2D eigenvalue weighted by molar-refractivity contribution is 0.150. The van der Waals surface area contributed by atoms with Gasteiger partial charge in [0.25, 0.3) is 0 Å². The zero-order chi connectivity index (χ0) is 29.0. The van der Waals surface area contributed by atoms with Crippen molar-refractivity contribution in [3.8, 4) is 5.75 Å². The highest BCUT2D eigenvalue weighted by Gasteiger charge is 2.31. The highest BCUT2D eigenvalue weighted by molar-refractivity contribution is 7.48. The fraction of sp³-hybridized carbons (Fsp3) is 0.824. The third-order valence-corrected chi connectivity index (χ3v) is 8.67. The van der Waals surface area contributed by atoms with E-state index in [0.717, 1.165) is 43.1 Å². The van der Waals surface area contributed by atoms with Gasteiger partial charge in [0.1, 0.15) is 5.75 Å². The van der Waals surface area contributed by atoms with Crippen LogP contribution in [0.2, 0.25) is 0 Å². The number of unbranched alkanes of at least 4 members (excludes halogenated alkanes) is 12. The van der Waals surface area contributed by atoms with Crippen LogP contribution in [0.1, 0.15) is 157 Å². The third kappa shape index (κ3) is 19.0. The van der Waals surface area contributed by atoms with E-state index in [1.165, 1.54) is 77.0 Å². The Labute approximate surface area is 243 Å². The van der Waals surface area contributed by atoms with E-state index in [2.05, 4.69) is 48.5 Å². The average molecular weight is 567 g/mol. The molecule has 39 heavy (non-hydrogen) atoms. The molecule has 0 aliphatic heterocycles. The molecule has 0 saturated carbocycles. The van der Waals surface area contributed by atoms with E-state index in [4.69, 9.17) is 13.6 Å². The van der Waals surface area contributed by atoms with Crippen molar-refractivity contribution in [3.05, 3.63) is 29.8 Å². The smallest absolute Gasteiger partial charge is 0.404 e. The normalized spacial score (nSPS) is 12.5. The maximum Gasteiger partial charge on any atom is 0.530 e. The molecular weight excluding hydrogens is 503 g/mol. The van der Waals surface area contributed by atoms with E-state index in [1.54, 1.807) is 0 Å². The molecule has 1 aromatic rings. The summed E-state index contributed by atoms with van der Waals surface area (Å²) >= 11 is 0. The molecule has 0 saturated heterocycles. The van der Waals surface area contributed by atoms with E-state index in [-0.39, 0.29) is 5.41 Å². The molecule has 0 unspecified atom stereocenters. The third-order valence-electron chi connectivity index (χ3n) is 7.26. The van der Waals surface area contributed by atoms with Crippen molar-refractivity contribution in [2.24, 2.45) is 11.8 Å². The molecule has 0 bridgehead atoms. The van der Waals surface area contributed by atoms with Crippen molar-refractivity contribution in [2.45, 2.75) is 157 Å². The van der Waals surface area contributed by atoms with Crippen molar-refractivity contribution in [3.63, 3.8) is 0 Å². The number of benzene rings is 1. The van der Waals surface area contributed by atoms with Crippen molar-refractivity contribution in [1.29, 1.82) is 0 Å². The Morgan fingerprint density at radius 3 is 1.41 bits per heavy atom. The fourth-order valence-corrected chi connectivity index (χ4v) is 6.09. The molecule has 0 spiro atoms. The summed E-state index contributed by atoms with van der Waals surface area (Å²) in [7, 11) is -3.70. The van der Waals surface area contributed by atoms with Crippen LogP contribution in [0.3, 0.4) is 0 Å². The summed E-state index contributed by atoms with van der Waals surface area (Å²) in [5, 5.41) is 0. The first-order chi connectivity index (χ1) is 18.5. The second kappa shape index (κ2) is 21.0. The Kier molecular flexibility index (Phi) is 19.5. The van der Waals surface area contributed by atoms with Crippen LogP contribution < -0.4 is 4.52 Å². The molecule has 1 rings (SSSR count). The largest absolute Gasteiger partial charge is 0.530 e. The van der Waals surface area contributed by atoms with Gasteiger partial charge in [-0.3, -0.25) is 9.05 Å². The SMILES string of the molecule is CC(C)CCCCCCCCCOP(=O)(OCCCCCCCCCC(C)C)Oc1ccccc1C(C)(C)C. The van der Waals surface area contributed by atoms with Crippen LogP contribution in [0, 0.1) is 11.8 Å². The van der Waals surface area contributed by atoms with Crippen LogP contribution in [0.5, 0.6) is 5.75 Å². The van der Waals surface area contributed by atoms with Gasteiger partial charge in [-0.05, 0) is 36.2 Å². The Bertz CT molecular complexity index is 737. The van der Waals surface area contributed by atoms with Gasteiger partial charge in [0, 0.05) is 5.56 Å². The quantitative estimate of drug-likeness (QED) is 0.0922. The first kappa shape index (κ1) is 36.2. The fourth-order valence-electron chi connectivity index (χ4n) is 4.81. The highest BCUT2D eigenvalue weighted by Crippen LogP contribution is 2.51. The lowest BCUT2D eigenvalue weighted by Gasteiger charge is -2.25. The number of phosphoric ester groups is 1. The van der Waals surface area contributed by atoms with Gasteiger partial charge in [-0.2, -0.15) is 0 Å². The van der Waals surface area contributed by atoms with Gasteiger partial charge in [-0.15, -0.1) is 0 Å². The Morgan fingerprint density at radius 2 is 1.00 bits per heavy atom. The minimum atomic E-state index is -3.70. The molecule has 5 heteroatoms. The van der Waals surface area contributed by atoms with Gasteiger partial charge in [-0.1, -0.05) is 157 Å². The molecule has 228 valence electrons. The molecule has 0 N–H and O–H groups in total. The van der Waals surface area contributed by atoms with Crippen molar-refractivity contribution < 1.29 is 18.1 Å². The number of para-hydroxylation sites is 1. The monoisotopic (exact) mass is 566 g/mol. The van der Waals surface area contributed by atoms with E-state index in [9.17, 15) is 4.57 Å². The summed E-state index contributed by atoms with van der Waals surface area (Å²) in [6.45, 7) is 16.4. The molecule has 0 aliphatic rings. The van der Waals surface area contributed by atoms with Gasteiger partial charge >= 0.3 is 7.82 Å². The van der Waals surface area contributed by atoms with Crippen molar-refractivity contribution in [2.75, 3.05) is 13.2 Å². The van der Waals surface area contributed by atoms with Crippen LogP contribution in [0.15, 0.2) is 24.3 Å². The lowest BCUT2D eigenvalue weighted by Crippen LogP contribution is -2.14. The van der Waals surface area contributed by atoms with Gasteiger partial charge < -0.3 is 4.52 Å². The van der Waals surface area contributed by atoms with Crippen molar-refractivity contribution in [1.82, 2.24) is 0 Å². The van der Waals surface area contributed by atoms with E-state index >= 15 is 0 Å². The summed E-state index contributed by atoms with van der Waals surface area (Å²) < 4.78 is 31.5. The summed E-state index contributed by atoms with van der Waals surface area (Å²) in [5.74, 6) is 2.21. The predicted octanol–water partition coefficient (Wildman–Crippen LogP) is 12.1. The molecule has 0 radical (unpaired) electrons. The minimum Gasteiger partial charge on any atom is -0.404 e. The zero-order valence-electron chi connectivity index (χ0n) is 26.8. The topological polar surface area (TPSA) is 44.8 Å².